The fourth-order valence-electron chi connectivity index (χ4n) is 4.61. The minimum Gasteiger partial charge on any atom is -0.492 e. The van der Waals surface area contributed by atoms with Gasteiger partial charge in [0.05, 0.1) is 18.6 Å². The van der Waals surface area contributed by atoms with Crippen LogP contribution in [0.5, 0.6) is 5.75 Å². The maximum Gasteiger partial charge on any atom is 0.312 e. The van der Waals surface area contributed by atoms with Crippen molar-refractivity contribution in [1.82, 2.24) is 5.32 Å². The van der Waals surface area contributed by atoms with Crippen LogP contribution in [0.25, 0.3) is 0 Å². The molecule has 1 amide bonds. The van der Waals surface area contributed by atoms with Gasteiger partial charge in [0.15, 0.2) is 0 Å². The summed E-state index contributed by atoms with van der Waals surface area (Å²) in [6.07, 6.45) is 3.02. The number of esters is 1. The Morgan fingerprint density at radius 1 is 1.05 bits per heavy atom. The van der Waals surface area contributed by atoms with Crippen LogP contribution in [0, 0.1) is 23.7 Å². The Morgan fingerprint density at radius 3 is 2.28 bits per heavy atom. The topological polar surface area (TPSA) is 111 Å². The maximum atomic E-state index is 12.3. The monoisotopic (exact) mass is 548 g/mol. The number of nitrogens with two attached hydrogens (primary N) is 1. The van der Waals surface area contributed by atoms with E-state index in [4.69, 9.17) is 15.2 Å². The molecule has 0 bridgehead atoms. The Balaban J connectivity index is 2.94. The van der Waals surface area contributed by atoms with Crippen molar-refractivity contribution >= 4 is 11.9 Å². The molecule has 7 heteroatoms. The van der Waals surface area contributed by atoms with Crippen LogP contribution in [0.1, 0.15) is 99.1 Å². The highest BCUT2D eigenvalue weighted by atomic mass is 16.5. The van der Waals surface area contributed by atoms with Crippen LogP contribution < -0.4 is 15.8 Å². The van der Waals surface area contributed by atoms with E-state index in [-0.39, 0.29) is 41.7 Å². The molecule has 0 aliphatic heterocycles. The number of carbonyl (C=O) groups is 2. The summed E-state index contributed by atoms with van der Waals surface area (Å²) in [7, 11) is 0. The fourth-order valence-corrected chi connectivity index (χ4v) is 4.61. The fraction of sp³-hybridized carbons (Fsp3) is 0.750. The van der Waals surface area contributed by atoms with Crippen LogP contribution in [0.3, 0.4) is 0 Å². The van der Waals surface area contributed by atoms with E-state index in [9.17, 15) is 14.7 Å². The van der Waals surface area contributed by atoms with Gasteiger partial charge in [-0.1, -0.05) is 67.0 Å². The van der Waals surface area contributed by atoms with Crippen molar-refractivity contribution in [3.63, 3.8) is 0 Å². The lowest BCUT2D eigenvalue weighted by Gasteiger charge is -2.29. The summed E-state index contributed by atoms with van der Waals surface area (Å²) in [5.41, 5.74) is 8.57. The lowest BCUT2D eigenvalue weighted by Crippen LogP contribution is -2.41. The summed E-state index contributed by atoms with van der Waals surface area (Å²) >= 11 is 0. The summed E-state index contributed by atoms with van der Waals surface area (Å²) in [6, 6.07) is 5.92. The molecule has 1 unspecified atom stereocenters. The molecule has 0 aliphatic carbocycles. The summed E-state index contributed by atoms with van der Waals surface area (Å²) in [6.45, 7) is 19.6. The molecule has 0 radical (unpaired) electrons. The van der Waals surface area contributed by atoms with E-state index in [0.717, 1.165) is 36.1 Å². The van der Waals surface area contributed by atoms with Gasteiger partial charge in [-0.15, -0.1) is 0 Å². The van der Waals surface area contributed by atoms with E-state index in [1.54, 1.807) is 6.92 Å². The summed E-state index contributed by atoms with van der Waals surface area (Å²) in [4.78, 5) is 24.4. The molecule has 1 aromatic carbocycles. The Kier molecular flexibility index (Phi) is 15.1. The van der Waals surface area contributed by atoms with Gasteiger partial charge in [-0.25, -0.2) is 0 Å². The first-order chi connectivity index (χ1) is 18.2. The van der Waals surface area contributed by atoms with Crippen molar-refractivity contribution in [2.45, 2.75) is 112 Å². The summed E-state index contributed by atoms with van der Waals surface area (Å²) in [5.74, 6) is 0.446. The third kappa shape index (κ3) is 12.3. The number of rotatable bonds is 17. The minimum atomic E-state index is -0.746. The van der Waals surface area contributed by atoms with E-state index in [1.165, 1.54) is 0 Å². The third-order valence-electron chi connectivity index (χ3n) is 7.41. The second-order valence-corrected chi connectivity index (χ2v) is 12.5. The highest BCUT2D eigenvalue weighted by Gasteiger charge is 2.27. The molecular formula is C32H56N2O5. The van der Waals surface area contributed by atoms with E-state index in [2.05, 4.69) is 65.1 Å². The Labute approximate surface area is 237 Å². The predicted octanol–water partition coefficient (Wildman–Crippen LogP) is 5.40. The molecule has 0 spiro atoms. The quantitative estimate of drug-likeness (QED) is 0.178. The van der Waals surface area contributed by atoms with Crippen LogP contribution >= 0.6 is 0 Å². The molecule has 0 fully saturated rings. The number of carbonyl (C=O) groups excluding carboxylic acids is 2. The number of unbranched alkanes of at least 4 members (excludes halogenated alkanes) is 1. The van der Waals surface area contributed by atoms with Crippen LogP contribution in [0.15, 0.2) is 18.2 Å². The van der Waals surface area contributed by atoms with Crippen molar-refractivity contribution in [2.75, 3.05) is 19.8 Å². The predicted molar refractivity (Wildman–Crippen MR) is 159 cm³/mol. The molecule has 0 saturated heterocycles. The van der Waals surface area contributed by atoms with Crippen LogP contribution in [0.4, 0.5) is 0 Å². The van der Waals surface area contributed by atoms with Crippen LogP contribution in [-0.4, -0.2) is 48.9 Å². The number of ether oxygens (including phenoxy) is 2. The zero-order valence-corrected chi connectivity index (χ0v) is 26.0. The third-order valence-corrected chi connectivity index (χ3v) is 7.41. The zero-order chi connectivity index (χ0) is 29.8. The Morgan fingerprint density at radius 2 is 1.72 bits per heavy atom. The molecule has 224 valence electrons. The number of hydrogen-bond acceptors (Lipinski definition) is 6. The molecule has 39 heavy (non-hydrogen) atoms. The first-order valence-electron chi connectivity index (χ1n) is 14.8. The molecule has 0 heterocycles. The van der Waals surface area contributed by atoms with Crippen molar-refractivity contribution in [2.24, 2.45) is 29.4 Å². The number of benzene rings is 1. The van der Waals surface area contributed by atoms with E-state index >= 15 is 0 Å². The number of aliphatic hydroxyl groups excluding tert-OH is 1. The number of aliphatic hydroxyl groups is 1. The standard InChI is InChI=1S/C32H56N2O5/c1-10-12-15-34-30(36)22(5)16-28(35)27(33)19-25(21(3)4)17-24-13-14-26(32(7,8)9)29(18-24)39-20-23(6)31(37)38-11-2/h13-14,18,21-23,25,27-28,35H,10-12,15-17,19-20,33H2,1-9H3,(H,34,36)/t22-,23?,25+,27+,28+/m1/s1. The molecule has 5 atom stereocenters. The average molecular weight is 549 g/mol. The van der Waals surface area contributed by atoms with Gasteiger partial charge in [0.1, 0.15) is 12.4 Å². The molecule has 1 rings (SSSR count). The van der Waals surface area contributed by atoms with Gasteiger partial charge in [-0.05, 0) is 74.0 Å². The van der Waals surface area contributed by atoms with Gasteiger partial charge in [0.2, 0.25) is 5.91 Å². The van der Waals surface area contributed by atoms with Gasteiger partial charge in [0.25, 0.3) is 0 Å². The molecule has 0 aliphatic rings. The lowest BCUT2D eigenvalue weighted by atomic mass is 9.81. The number of nitrogens with one attached hydrogen (secondary N) is 1. The molecule has 0 aromatic heterocycles. The van der Waals surface area contributed by atoms with Gasteiger partial charge in [-0.3, -0.25) is 9.59 Å². The first kappa shape index (κ1) is 34.9. The lowest BCUT2D eigenvalue weighted by molar-refractivity contribution is -0.148. The van der Waals surface area contributed by atoms with Crippen LogP contribution in [0.2, 0.25) is 0 Å². The molecule has 7 nitrogen and oxygen atoms in total. The number of hydrogen-bond donors (Lipinski definition) is 3. The molecule has 4 N–H and O–H groups in total. The molecule has 1 aromatic rings. The Hall–Kier alpha value is -2.12. The molecular weight excluding hydrogens is 492 g/mol. The second-order valence-electron chi connectivity index (χ2n) is 12.5. The average Bonchev–Trinajstić information content (AvgIpc) is 2.86. The summed E-state index contributed by atoms with van der Waals surface area (Å²) < 4.78 is 11.3. The van der Waals surface area contributed by atoms with Crippen molar-refractivity contribution in [1.29, 1.82) is 0 Å². The SMILES string of the molecule is CCCCNC(=O)[C@H](C)C[C@H](O)[C@@H](N)C[C@H](Cc1ccc(C(C)(C)C)c(OCC(C)C(=O)OCC)c1)C(C)C. The largest absolute Gasteiger partial charge is 0.492 e. The smallest absolute Gasteiger partial charge is 0.312 e. The first-order valence-corrected chi connectivity index (χ1v) is 14.8. The van der Waals surface area contributed by atoms with Crippen LogP contribution in [-0.2, 0) is 26.2 Å². The van der Waals surface area contributed by atoms with Gasteiger partial charge in [0, 0.05) is 18.5 Å². The number of amides is 1. The van der Waals surface area contributed by atoms with Gasteiger partial charge >= 0.3 is 5.97 Å². The Bertz CT molecular complexity index is 880. The van der Waals surface area contributed by atoms with E-state index in [0.29, 0.717) is 31.9 Å². The highest BCUT2D eigenvalue weighted by Crippen LogP contribution is 2.34. The molecule has 0 saturated carbocycles. The van der Waals surface area contributed by atoms with Crippen molar-refractivity contribution in [3.8, 4) is 5.75 Å². The van der Waals surface area contributed by atoms with E-state index in [1.807, 2.05) is 13.8 Å². The minimum absolute atomic E-state index is 0.0288. The zero-order valence-electron chi connectivity index (χ0n) is 26.0. The van der Waals surface area contributed by atoms with Gasteiger partial charge < -0.3 is 25.6 Å². The van der Waals surface area contributed by atoms with Crippen molar-refractivity contribution < 1.29 is 24.2 Å². The normalized spacial score (nSPS) is 15.8. The summed E-state index contributed by atoms with van der Waals surface area (Å²) in [5, 5.41) is 13.8. The maximum absolute atomic E-state index is 12.3. The van der Waals surface area contributed by atoms with E-state index < -0.39 is 12.1 Å². The van der Waals surface area contributed by atoms with Gasteiger partial charge in [-0.2, -0.15) is 0 Å². The van der Waals surface area contributed by atoms with Crippen molar-refractivity contribution in [3.05, 3.63) is 29.3 Å². The second kappa shape index (κ2) is 16.9. The highest BCUT2D eigenvalue weighted by molar-refractivity contribution is 5.78.